The van der Waals surface area contributed by atoms with Gasteiger partial charge in [0.15, 0.2) is 11.5 Å². The van der Waals surface area contributed by atoms with Gasteiger partial charge in [-0.1, -0.05) is 23.8 Å². The zero-order valence-corrected chi connectivity index (χ0v) is 41.3. The normalized spacial score (nSPS) is 17.0. The third-order valence-electron chi connectivity index (χ3n) is 10.3. The molecule has 0 aliphatic carbocycles. The molecule has 1 saturated heterocycles. The number of nitrogens with zero attached hydrogens (tertiary/aromatic N) is 4. The first-order valence-corrected chi connectivity index (χ1v) is 21.9. The first-order valence-electron chi connectivity index (χ1n) is 21.6. The number of rotatable bonds is 8. The summed E-state index contributed by atoms with van der Waals surface area (Å²) < 4.78 is 33.9. The Hall–Kier alpha value is -4.87. The standard InChI is InChI=1S/C20H28N2O5.C16H28BNO4.C10H12ClNO3/c1-13(2)26-18-12-16(14(3)11-17(18)22(24)25)15-7-9-21(10-8-15)19(23)27-20(4,5)6;1-14(2,3)20-13(19)18-10-8-12(9-11-18)17-21-15(4,5)16(6,7)22-17;1-6(2)15-10-5-8(11)7(3)4-9(10)12(13)14/h7,11-13H,8-10H2,1-6H3;8H,9-11H2,1-7H3;4-6H,1-3H3. The number of carbonyl (C=O) groups is 2. The highest BCUT2D eigenvalue weighted by Gasteiger charge is 2.52. The monoisotopic (exact) mass is 914 g/mol. The predicted octanol–water partition coefficient (Wildman–Crippen LogP) is 11.2. The lowest BCUT2D eigenvalue weighted by Gasteiger charge is -2.32. The van der Waals surface area contributed by atoms with Crippen molar-refractivity contribution in [3.05, 3.63) is 83.8 Å². The molecule has 0 saturated carbocycles. The van der Waals surface area contributed by atoms with Gasteiger partial charge in [-0.25, -0.2) is 9.59 Å². The van der Waals surface area contributed by atoms with Gasteiger partial charge in [-0.2, -0.15) is 0 Å². The molecule has 0 N–H and O–H groups in total. The van der Waals surface area contributed by atoms with Crippen molar-refractivity contribution < 1.29 is 47.7 Å². The number of ether oxygens (including phenoxy) is 4. The Morgan fingerprint density at radius 3 is 1.52 bits per heavy atom. The van der Waals surface area contributed by atoms with Crippen molar-refractivity contribution in [2.24, 2.45) is 0 Å². The van der Waals surface area contributed by atoms with Gasteiger partial charge >= 0.3 is 30.7 Å². The molecule has 16 nitrogen and oxygen atoms in total. The Bertz CT molecular complexity index is 2070. The third kappa shape index (κ3) is 15.4. The lowest BCUT2D eigenvalue weighted by molar-refractivity contribution is -0.386. The van der Waals surface area contributed by atoms with E-state index in [0.717, 1.165) is 28.6 Å². The van der Waals surface area contributed by atoms with Crippen molar-refractivity contribution >= 4 is 47.9 Å². The van der Waals surface area contributed by atoms with Gasteiger partial charge in [0.2, 0.25) is 0 Å². The summed E-state index contributed by atoms with van der Waals surface area (Å²) in [5.74, 6) is 0.483. The van der Waals surface area contributed by atoms with Gasteiger partial charge in [0.1, 0.15) is 11.2 Å². The van der Waals surface area contributed by atoms with Gasteiger partial charge in [0.05, 0.1) is 33.3 Å². The number of nitro benzene ring substituents is 2. The Balaban J connectivity index is 0.000000266. The van der Waals surface area contributed by atoms with E-state index in [1.807, 2.05) is 102 Å². The lowest BCUT2D eigenvalue weighted by Crippen LogP contribution is -2.41. The van der Waals surface area contributed by atoms with E-state index in [0.29, 0.717) is 43.2 Å². The molecular weight excluding hydrogens is 847 g/mol. The summed E-state index contributed by atoms with van der Waals surface area (Å²) in [6, 6.07) is 6.19. The molecule has 2 aromatic carbocycles. The molecule has 18 heteroatoms. The van der Waals surface area contributed by atoms with Crippen LogP contribution in [-0.4, -0.2) is 99.7 Å². The van der Waals surface area contributed by atoms with E-state index in [2.05, 4.69) is 0 Å². The number of amides is 2. The molecule has 0 radical (unpaired) electrons. The van der Waals surface area contributed by atoms with Crippen LogP contribution >= 0.6 is 11.6 Å². The molecule has 0 unspecified atom stereocenters. The minimum Gasteiger partial charge on any atom is -0.484 e. The van der Waals surface area contributed by atoms with Crippen LogP contribution in [0.15, 0.2) is 41.9 Å². The highest BCUT2D eigenvalue weighted by Crippen LogP contribution is 2.40. The van der Waals surface area contributed by atoms with E-state index in [-0.39, 0.29) is 65.6 Å². The number of carbonyl (C=O) groups excluding carboxylic acids is 2. The second-order valence-electron chi connectivity index (χ2n) is 19.5. The van der Waals surface area contributed by atoms with Crippen LogP contribution in [-0.2, 0) is 18.8 Å². The van der Waals surface area contributed by atoms with E-state index in [1.54, 1.807) is 42.7 Å². The minimum atomic E-state index is -0.529. The molecule has 64 heavy (non-hydrogen) atoms. The quantitative estimate of drug-likeness (QED) is 0.139. The SMILES string of the molecule is CC(C)(C)OC(=O)N1CC=C(B2OC(C)(C)C(C)(C)O2)CC1.Cc1cc([N+](=O)[O-])c(OC(C)C)cc1C1=CCN(C(=O)OC(C)(C)C)CC1.Cc1cc([N+](=O)[O-])c(OC(C)C)cc1Cl. The molecule has 3 aliphatic heterocycles. The van der Waals surface area contributed by atoms with Gasteiger partial charge in [0.25, 0.3) is 0 Å². The van der Waals surface area contributed by atoms with Crippen LogP contribution in [0.5, 0.6) is 11.5 Å². The Kier molecular flexibility index (Phi) is 17.9. The maximum absolute atomic E-state index is 12.2. The fourth-order valence-corrected chi connectivity index (χ4v) is 6.59. The summed E-state index contributed by atoms with van der Waals surface area (Å²) in [4.78, 5) is 48.8. The van der Waals surface area contributed by atoms with E-state index < -0.39 is 21.0 Å². The van der Waals surface area contributed by atoms with E-state index >= 15 is 0 Å². The number of aryl methyl sites for hydroxylation is 2. The number of nitro groups is 2. The first-order chi connectivity index (χ1) is 29.3. The van der Waals surface area contributed by atoms with Crippen molar-refractivity contribution in [3.8, 4) is 11.5 Å². The topological polar surface area (TPSA) is 182 Å². The second-order valence-corrected chi connectivity index (χ2v) is 19.9. The van der Waals surface area contributed by atoms with Crippen LogP contribution < -0.4 is 9.47 Å². The van der Waals surface area contributed by atoms with Crippen molar-refractivity contribution in [2.45, 2.75) is 158 Å². The molecule has 3 aliphatic rings. The van der Waals surface area contributed by atoms with Gasteiger partial charge < -0.3 is 38.1 Å². The highest BCUT2D eigenvalue weighted by atomic mass is 35.5. The molecule has 1 fully saturated rings. The summed E-state index contributed by atoms with van der Waals surface area (Å²) in [5.41, 5.74) is 2.82. The number of hydrogen-bond acceptors (Lipinski definition) is 12. The molecule has 354 valence electrons. The van der Waals surface area contributed by atoms with Crippen molar-refractivity contribution in [2.75, 3.05) is 26.2 Å². The molecule has 5 rings (SSSR count). The highest BCUT2D eigenvalue weighted by molar-refractivity contribution is 6.54. The molecule has 0 spiro atoms. The summed E-state index contributed by atoms with van der Waals surface area (Å²) >= 11 is 5.87. The van der Waals surface area contributed by atoms with Crippen LogP contribution in [0.25, 0.3) is 5.57 Å². The average molecular weight is 915 g/mol. The zero-order chi connectivity index (χ0) is 48.7. The smallest absolute Gasteiger partial charge is 0.484 e. The van der Waals surface area contributed by atoms with E-state index in [9.17, 15) is 29.8 Å². The Labute approximate surface area is 384 Å². The Morgan fingerprint density at radius 2 is 1.14 bits per heavy atom. The molecule has 0 bridgehead atoms. The van der Waals surface area contributed by atoms with Crippen LogP contribution in [0.1, 0.15) is 126 Å². The average Bonchev–Trinajstić information content (AvgIpc) is 3.38. The fourth-order valence-electron chi connectivity index (χ4n) is 6.44. The first kappa shape index (κ1) is 53.5. The molecular formula is C46H68BClN4O12. The summed E-state index contributed by atoms with van der Waals surface area (Å²) in [7, 11) is -0.314. The molecule has 3 heterocycles. The predicted molar refractivity (Wildman–Crippen MR) is 249 cm³/mol. The Morgan fingerprint density at radius 1 is 0.719 bits per heavy atom. The van der Waals surface area contributed by atoms with E-state index in [4.69, 9.17) is 39.9 Å². The van der Waals surface area contributed by atoms with Crippen LogP contribution in [0, 0.1) is 34.1 Å². The van der Waals surface area contributed by atoms with Crippen molar-refractivity contribution in [1.82, 2.24) is 9.80 Å². The number of halogens is 1. The molecule has 0 atom stereocenters. The second kappa shape index (κ2) is 21.4. The number of benzene rings is 2. The summed E-state index contributed by atoms with van der Waals surface area (Å²) in [6.07, 6.45) is 4.51. The van der Waals surface area contributed by atoms with Gasteiger partial charge in [0, 0.05) is 49.4 Å². The molecule has 0 aromatic heterocycles. The number of hydrogen-bond donors (Lipinski definition) is 0. The summed E-state index contributed by atoms with van der Waals surface area (Å²) in [6.45, 7) is 32.3. The van der Waals surface area contributed by atoms with Crippen LogP contribution in [0.2, 0.25) is 5.02 Å². The van der Waals surface area contributed by atoms with Gasteiger partial charge in [-0.05, 0) is 157 Å². The third-order valence-corrected chi connectivity index (χ3v) is 10.7. The maximum atomic E-state index is 12.2. The van der Waals surface area contributed by atoms with Crippen molar-refractivity contribution in [3.63, 3.8) is 0 Å². The van der Waals surface area contributed by atoms with Crippen LogP contribution in [0.3, 0.4) is 0 Å². The maximum Gasteiger partial charge on any atom is 0.490 e. The largest absolute Gasteiger partial charge is 0.490 e. The lowest BCUT2D eigenvalue weighted by atomic mass is 9.75. The summed E-state index contributed by atoms with van der Waals surface area (Å²) in [5, 5.41) is 22.5. The van der Waals surface area contributed by atoms with Crippen LogP contribution in [0.4, 0.5) is 21.0 Å². The minimum absolute atomic E-state index is 0.0308. The van der Waals surface area contributed by atoms with Crippen molar-refractivity contribution in [1.29, 1.82) is 0 Å². The fraction of sp³-hybridized carbons (Fsp3) is 0.609. The van der Waals surface area contributed by atoms with Gasteiger partial charge in [-0.3, -0.25) is 20.2 Å². The zero-order valence-electron chi connectivity index (χ0n) is 40.5. The van der Waals surface area contributed by atoms with E-state index in [1.165, 1.54) is 12.1 Å². The molecule has 2 amide bonds. The van der Waals surface area contributed by atoms with Gasteiger partial charge in [-0.15, -0.1) is 0 Å². The molecule has 2 aromatic rings.